The second-order valence-corrected chi connectivity index (χ2v) is 7.53. The molecule has 0 unspecified atom stereocenters. The van der Waals surface area contributed by atoms with E-state index in [2.05, 4.69) is 18.5 Å². The van der Waals surface area contributed by atoms with Crippen LogP contribution in [-0.4, -0.2) is 15.7 Å². The van der Waals surface area contributed by atoms with Gasteiger partial charge in [0.2, 0.25) is 0 Å². The predicted octanol–water partition coefficient (Wildman–Crippen LogP) is 4.75. The van der Waals surface area contributed by atoms with E-state index in [4.69, 9.17) is 10.5 Å². The summed E-state index contributed by atoms with van der Waals surface area (Å²) < 4.78 is 7.78. The molecule has 2 N–H and O–H groups in total. The zero-order valence-electron chi connectivity index (χ0n) is 16.5. The molecule has 5 nitrogen and oxygen atoms in total. The van der Waals surface area contributed by atoms with E-state index in [0.717, 1.165) is 18.4 Å². The van der Waals surface area contributed by atoms with Gasteiger partial charge >= 0.3 is 5.69 Å². The van der Waals surface area contributed by atoms with Gasteiger partial charge in [-0.05, 0) is 13.3 Å². The molecule has 1 fully saturated rings. The summed E-state index contributed by atoms with van der Waals surface area (Å²) in [4.78, 5) is 16.0. The third-order valence-corrected chi connectivity index (χ3v) is 5.41. The van der Waals surface area contributed by atoms with Gasteiger partial charge < -0.3 is 10.5 Å². The van der Waals surface area contributed by atoms with Crippen LogP contribution in [0.1, 0.15) is 82.9 Å². The second-order valence-electron chi connectivity index (χ2n) is 7.53. The van der Waals surface area contributed by atoms with Gasteiger partial charge in [-0.3, -0.25) is 4.57 Å². The van der Waals surface area contributed by atoms with Crippen molar-refractivity contribution in [2.24, 2.45) is 5.92 Å². The highest BCUT2D eigenvalue weighted by Gasteiger charge is 2.34. The number of unbranched alkanes of at least 4 members (excludes halogenated alkanes) is 7. The Morgan fingerprint density at radius 1 is 1.27 bits per heavy atom. The number of rotatable bonds is 11. The van der Waals surface area contributed by atoms with Crippen molar-refractivity contribution in [3.05, 3.63) is 34.9 Å². The molecule has 1 aliphatic heterocycles. The quantitative estimate of drug-likeness (QED) is 0.456. The minimum atomic E-state index is -0.339. The van der Waals surface area contributed by atoms with E-state index in [1.807, 2.05) is 13.0 Å². The van der Waals surface area contributed by atoms with Gasteiger partial charge in [0.05, 0.1) is 6.10 Å². The number of ether oxygens (including phenoxy) is 1. The Hall–Kier alpha value is -1.62. The first-order chi connectivity index (χ1) is 12.6. The maximum atomic E-state index is 12.2. The fourth-order valence-corrected chi connectivity index (χ4v) is 3.72. The van der Waals surface area contributed by atoms with Gasteiger partial charge in [0.15, 0.2) is 0 Å². The summed E-state index contributed by atoms with van der Waals surface area (Å²) in [6.45, 7) is 8.07. The Bertz CT molecular complexity index is 626. The number of hydrogen-bond acceptors (Lipinski definition) is 4. The van der Waals surface area contributed by atoms with Crippen LogP contribution in [0.2, 0.25) is 0 Å². The topological polar surface area (TPSA) is 70.1 Å². The Morgan fingerprint density at radius 2 is 1.92 bits per heavy atom. The molecule has 0 aliphatic carbocycles. The molecular formula is C21H35N3O2. The average Bonchev–Trinajstić information content (AvgIpc) is 3.03. The van der Waals surface area contributed by atoms with Gasteiger partial charge in [0.25, 0.3) is 0 Å². The number of nitrogen functional groups attached to an aromatic ring is 1. The highest BCUT2D eigenvalue weighted by molar-refractivity contribution is 5.35. The molecule has 1 saturated heterocycles. The van der Waals surface area contributed by atoms with E-state index in [-0.39, 0.29) is 23.9 Å². The molecule has 3 atom stereocenters. The van der Waals surface area contributed by atoms with Crippen molar-refractivity contribution in [2.75, 3.05) is 5.73 Å². The van der Waals surface area contributed by atoms with Crippen molar-refractivity contribution in [1.82, 2.24) is 9.55 Å². The van der Waals surface area contributed by atoms with Gasteiger partial charge in [-0.1, -0.05) is 64.4 Å². The third kappa shape index (κ3) is 5.70. The first-order valence-electron chi connectivity index (χ1n) is 10.2. The molecular weight excluding hydrogens is 326 g/mol. The van der Waals surface area contributed by atoms with Crippen LogP contribution < -0.4 is 11.4 Å². The molecule has 0 amide bonds. The van der Waals surface area contributed by atoms with E-state index < -0.39 is 0 Å². The Morgan fingerprint density at radius 3 is 2.58 bits per heavy atom. The smallest absolute Gasteiger partial charge is 0.351 e. The maximum absolute atomic E-state index is 12.2. The molecule has 0 saturated carbocycles. The predicted molar refractivity (Wildman–Crippen MR) is 107 cm³/mol. The molecule has 5 heteroatoms. The Kier molecular flexibility index (Phi) is 8.36. The number of anilines is 1. The van der Waals surface area contributed by atoms with Gasteiger partial charge in [-0.15, -0.1) is 6.58 Å². The van der Waals surface area contributed by atoms with Crippen molar-refractivity contribution in [1.29, 1.82) is 0 Å². The molecule has 1 aromatic rings. The second kappa shape index (κ2) is 10.5. The first-order valence-corrected chi connectivity index (χ1v) is 10.2. The number of nitrogens with zero attached hydrogens (tertiary/aromatic N) is 2. The molecule has 0 bridgehead atoms. The van der Waals surface area contributed by atoms with Crippen molar-refractivity contribution < 1.29 is 4.74 Å². The van der Waals surface area contributed by atoms with E-state index in [1.54, 1.807) is 10.8 Å². The Labute approximate surface area is 157 Å². The summed E-state index contributed by atoms with van der Waals surface area (Å²) in [6, 6.07) is 0. The number of nitrogens with two attached hydrogens (primary N) is 1. The number of aromatic nitrogens is 2. The fraction of sp³-hybridized carbons (Fsp3) is 0.714. The van der Waals surface area contributed by atoms with Crippen LogP contribution in [0, 0.1) is 12.8 Å². The number of aryl methyl sites for hydroxylation is 1. The summed E-state index contributed by atoms with van der Waals surface area (Å²) in [5.74, 6) is 0.578. The van der Waals surface area contributed by atoms with Crippen LogP contribution in [0.4, 0.5) is 5.82 Å². The minimum absolute atomic E-state index is 0.141. The van der Waals surface area contributed by atoms with Crippen LogP contribution in [-0.2, 0) is 4.74 Å². The molecule has 26 heavy (non-hydrogen) atoms. The van der Waals surface area contributed by atoms with Crippen molar-refractivity contribution in [3.63, 3.8) is 0 Å². The van der Waals surface area contributed by atoms with Crippen molar-refractivity contribution in [2.45, 2.75) is 90.4 Å². The lowest BCUT2D eigenvalue weighted by atomic mass is 9.96. The summed E-state index contributed by atoms with van der Waals surface area (Å²) in [5.41, 5.74) is 6.18. The lowest BCUT2D eigenvalue weighted by Gasteiger charge is -2.17. The molecule has 1 aliphatic rings. The summed E-state index contributed by atoms with van der Waals surface area (Å²) in [5, 5.41) is 0. The highest BCUT2D eigenvalue weighted by atomic mass is 16.5. The normalized spacial score (nSPS) is 22.6. The fourth-order valence-electron chi connectivity index (χ4n) is 3.72. The minimum Gasteiger partial charge on any atom is -0.383 e. The van der Waals surface area contributed by atoms with Gasteiger partial charge in [0.1, 0.15) is 12.0 Å². The summed E-state index contributed by atoms with van der Waals surface area (Å²) in [6.07, 6.45) is 15.9. The Balaban J connectivity index is 1.81. The lowest BCUT2D eigenvalue weighted by Crippen LogP contribution is -2.28. The van der Waals surface area contributed by atoms with Crippen molar-refractivity contribution in [3.8, 4) is 0 Å². The molecule has 1 aromatic heterocycles. The third-order valence-electron chi connectivity index (χ3n) is 5.41. The molecule has 0 radical (unpaired) electrons. The van der Waals surface area contributed by atoms with E-state index in [9.17, 15) is 4.79 Å². The van der Waals surface area contributed by atoms with Crippen LogP contribution in [0.15, 0.2) is 23.6 Å². The highest BCUT2D eigenvalue weighted by Crippen LogP contribution is 2.36. The van der Waals surface area contributed by atoms with Gasteiger partial charge in [-0.2, -0.15) is 4.98 Å². The zero-order valence-corrected chi connectivity index (χ0v) is 16.5. The standard InChI is InChI=1S/C21H35N3O2/c1-4-6-7-8-9-10-11-12-13-18-17(5-2)14-19(26-18)24-15-16(3)20(22)23-21(24)25/h5,15,17-19H,2,4,6-14H2,1,3H3,(H2,22,23,25)/t17-,18+,19+/m0/s1. The first kappa shape index (κ1) is 20.7. The SMILES string of the molecule is C=C[C@H]1C[C@H](n2cc(C)c(N)nc2=O)O[C@@H]1CCCCCCCCCC. The van der Waals surface area contributed by atoms with E-state index >= 15 is 0 Å². The molecule has 2 heterocycles. The lowest BCUT2D eigenvalue weighted by molar-refractivity contribution is -0.00923. The largest absolute Gasteiger partial charge is 0.383 e. The van der Waals surface area contributed by atoms with Crippen LogP contribution in [0.25, 0.3) is 0 Å². The number of hydrogen-bond donors (Lipinski definition) is 1. The molecule has 2 rings (SSSR count). The monoisotopic (exact) mass is 361 g/mol. The molecule has 0 aromatic carbocycles. The van der Waals surface area contributed by atoms with Crippen molar-refractivity contribution >= 4 is 5.82 Å². The average molecular weight is 362 g/mol. The zero-order chi connectivity index (χ0) is 18.9. The van der Waals surface area contributed by atoms with Crippen LogP contribution >= 0.6 is 0 Å². The van der Waals surface area contributed by atoms with Crippen LogP contribution in [0.5, 0.6) is 0 Å². The summed E-state index contributed by atoms with van der Waals surface area (Å²) >= 11 is 0. The summed E-state index contributed by atoms with van der Waals surface area (Å²) in [7, 11) is 0. The molecule has 0 spiro atoms. The van der Waals surface area contributed by atoms with Gasteiger partial charge in [-0.25, -0.2) is 4.79 Å². The van der Waals surface area contributed by atoms with E-state index in [0.29, 0.717) is 5.82 Å². The van der Waals surface area contributed by atoms with E-state index in [1.165, 1.54) is 51.4 Å². The van der Waals surface area contributed by atoms with Gasteiger partial charge in [0, 0.05) is 24.1 Å². The maximum Gasteiger partial charge on any atom is 0.351 e. The van der Waals surface area contributed by atoms with Crippen LogP contribution in [0.3, 0.4) is 0 Å². The molecule has 146 valence electrons.